The molecule has 3 saturated carbocycles. The third-order valence-electron chi connectivity index (χ3n) is 7.92. The molecule has 0 heterocycles. The van der Waals surface area contributed by atoms with Crippen molar-refractivity contribution in [3.63, 3.8) is 0 Å². The van der Waals surface area contributed by atoms with Crippen LogP contribution in [0.15, 0.2) is 12.2 Å². The summed E-state index contributed by atoms with van der Waals surface area (Å²) >= 11 is 0. The molecule has 1 N–H and O–H groups in total. The molecule has 0 aromatic carbocycles. The van der Waals surface area contributed by atoms with E-state index in [0.29, 0.717) is 16.7 Å². The van der Waals surface area contributed by atoms with Gasteiger partial charge in [-0.3, -0.25) is 0 Å². The molecule has 4 aliphatic rings. The van der Waals surface area contributed by atoms with Crippen LogP contribution >= 0.6 is 0 Å². The van der Waals surface area contributed by atoms with Crippen molar-refractivity contribution in [3.05, 3.63) is 12.2 Å². The topological polar surface area (TPSA) is 20.2 Å². The number of hydrogen-bond acceptors (Lipinski definition) is 1. The Morgan fingerprint density at radius 3 is 2.65 bits per heavy atom. The van der Waals surface area contributed by atoms with E-state index in [1.807, 2.05) is 0 Å². The summed E-state index contributed by atoms with van der Waals surface area (Å²) in [7, 11) is 0. The summed E-state index contributed by atoms with van der Waals surface area (Å²) in [4.78, 5) is 0. The highest BCUT2D eigenvalue weighted by Crippen LogP contribution is 2.64. The molecule has 0 saturated heterocycles. The molecular weight excluding hydrogens is 244 g/mol. The fourth-order valence-electron chi connectivity index (χ4n) is 6.59. The van der Waals surface area contributed by atoms with Gasteiger partial charge >= 0.3 is 0 Å². The van der Waals surface area contributed by atoms with Gasteiger partial charge in [0.1, 0.15) is 0 Å². The number of allylic oxidation sites excluding steroid dienone is 2. The zero-order chi connectivity index (χ0) is 14.0. The van der Waals surface area contributed by atoms with Crippen molar-refractivity contribution < 1.29 is 5.11 Å². The monoisotopic (exact) mass is 274 g/mol. The van der Waals surface area contributed by atoms with E-state index in [1.54, 1.807) is 0 Å². The van der Waals surface area contributed by atoms with Gasteiger partial charge in [-0.2, -0.15) is 0 Å². The van der Waals surface area contributed by atoms with Crippen molar-refractivity contribution in [2.75, 3.05) is 0 Å². The Hall–Kier alpha value is -0.300. The van der Waals surface area contributed by atoms with E-state index in [9.17, 15) is 5.11 Å². The van der Waals surface area contributed by atoms with Crippen LogP contribution in [0.1, 0.15) is 65.2 Å². The van der Waals surface area contributed by atoms with Crippen LogP contribution < -0.4 is 0 Å². The van der Waals surface area contributed by atoms with Crippen LogP contribution in [-0.2, 0) is 0 Å². The molecule has 112 valence electrons. The van der Waals surface area contributed by atoms with Crippen molar-refractivity contribution in [2.24, 2.45) is 34.5 Å². The number of hydrogen-bond donors (Lipinski definition) is 1. The van der Waals surface area contributed by atoms with Gasteiger partial charge in [-0.25, -0.2) is 0 Å². The lowest BCUT2D eigenvalue weighted by atomic mass is 9.47. The Labute approximate surface area is 123 Å². The van der Waals surface area contributed by atoms with Gasteiger partial charge in [0.05, 0.1) is 6.10 Å². The molecule has 1 heteroatoms. The first-order chi connectivity index (χ1) is 9.53. The van der Waals surface area contributed by atoms with Gasteiger partial charge in [0.15, 0.2) is 0 Å². The Kier molecular flexibility index (Phi) is 2.91. The maximum Gasteiger partial charge on any atom is 0.0546 e. The van der Waals surface area contributed by atoms with E-state index < -0.39 is 0 Å². The van der Waals surface area contributed by atoms with E-state index in [-0.39, 0.29) is 6.10 Å². The highest BCUT2D eigenvalue weighted by molar-refractivity contribution is 5.17. The molecule has 20 heavy (non-hydrogen) atoms. The molecule has 0 amide bonds. The second-order valence-electron chi connectivity index (χ2n) is 8.80. The predicted molar refractivity (Wildman–Crippen MR) is 82.3 cm³/mol. The molecule has 4 rings (SSSR count). The van der Waals surface area contributed by atoms with Crippen molar-refractivity contribution >= 4 is 0 Å². The molecule has 3 fully saturated rings. The first kappa shape index (κ1) is 13.4. The van der Waals surface area contributed by atoms with Crippen molar-refractivity contribution in [2.45, 2.75) is 71.3 Å². The molecular formula is C19H30O. The second-order valence-corrected chi connectivity index (χ2v) is 8.80. The van der Waals surface area contributed by atoms with Crippen molar-refractivity contribution in [1.82, 2.24) is 0 Å². The van der Waals surface area contributed by atoms with Crippen LogP contribution in [0.2, 0.25) is 0 Å². The third-order valence-corrected chi connectivity index (χ3v) is 7.92. The standard InChI is InChI=1S/C19H30O/c1-18-9-3-4-16(18)15-6-5-13-12-14(20)7-11-19(13,2)17(15)8-10-18/h5-6,13-17,20H,3-4,7-12H2,1-2H3/t13?,14?,15-,16-,17+,18-,19-/m0/s1. The number of aliphatic hydroxyl groups is 1. The lowest BCUT2D eigenvalue weighted by molar-refractivity contribution is -0.0692. The predicted octanol–water partition coefficient (Wildman–Crippen LogP) is 4.56. The van der Waals surface area contributed by atoms with Gasteiger partial charge in [-0.1, -0.05) is 32.4 Å². The van der Waals surface area contributed by atoms with E-state index in [0.717, 1.165) is 30.6 Å². The maximum absolute atomic E-state index is 10.0. The average molecular weight is 274 g/mol. The average Bonchev–Trinajstić information content (AvgIpc) is 2.81. The first-order valence-corrected chi connectivity index (χ1v) is 8.89. The molecule has 1 nitrogen and oxygen atoms in total. The fraction of sp³-hybridized carbons (Fsp3) is 0.895. The summed E-state index contributed by atoms with van der Waals surface area (Å²) in [5, 5.41) is 10.0. The van der Waals surface area contributed by atoms with E-state index in [1.165, 1.54) is 38.5 Å². The summed E-state index contributed by atoms with van der Waals surface area (Å²) in [6.45, 7) is 5.11. The molecule has 0 aliphatic heterocycles. The molecule has 4 aliphatic carbocycles. The van der Waals surface area contributed by atoms with Gasteiger partial charge in [0, 0.05) is 0 Å². The van der Waals surface area contributed by atoms with E-state index in [2.05, 4.69) is 26.0 Å². The molecule has 0 aromatic heterocycles. The minimum Gasteiger partial charge on any atom is -0.393 e. The minimum absolute atomic E-state index is 0.0467. The van der Waals surface area contributed by atoms with Crippen LogP contribution in [-0.4, -0.2) is 11.2 Å². The Balaban J connectivity index is 1.68. The molecule has 2 unspecified atom stereocenters. The zero-order valence-electron chi connectivity index (χ0n) is 13.1. The summed E-state index contributed by atoms with van der Waals surface area (Å²) < 4.78 is 0. The smallest absolute Gasteiger partial charge is 0.0546 e. The SMILES string of the molecule is C[C@@]12CCC[C@H]1[C@@H]1C=CC3CC(O)CC[C@]3(C)[C@@H]1CC2. The van der Waals surface area contributed by atoms with Crippen molar-refractivity contribution in [1.29, 1.82) is 0 Å². The lowest BCUT2D eigenvalue weighted by Crippen LogP contribution is -2.51. The quantitative estimate of drug-likeness (QED) is 0.642. The second kappa shape index (κ2) is 4.35. The molecule has 0 bridgehead atoms. The van der Waals surface area contributed by atoms with E-state index >= 15 is 0 Å². The Bertz CT molecular complexity index is 427. The lowest BCUT2D eigenvalue weighted by Gasteiger charge is -2.58. The van der Waals surface area contributed by atoms with Crippen LogP contribution in [0.25, 0.3) is 0 Å². The van der Waals surface area contributed by atoms with Crippen LogP contribution in [0, 0.1) is 34.5 Å². The zero-order valence-corrected chi connectivity index (χ0v) is 13.1. The number of aliphatic hydroxyl groups excluding tert-OH is 1. The van der Waals surface area contributed by atoms with Crippen LogP contribution in [0.5, 0.6) is 0 Å². The van der Waals surface area contributed by atoms with Gasteiger partial charge in [-0.05, 0) is 79.4 Å². The molecule has 0 aromatic rings. The summed E-state index contributed by atoms with van der Waals surface area (Å²) in [6.07, 6.45) is 15.6. The largest absolute Gasteiger partial charge is 0.393 e. The molecule has 0 spiro atoms. The Morgan fingerprint density at radius 2 is 1.80 bits per heavy atom. The summed E-state index contributed by atoms with van der Waals surface area (Å²) in [6, 6.07) is 0. The molecule has 0 radical (unpaired) electrons. The van der Waals surface area contributed by atoms with Gasteiger partial charge < -0.3 is 5.11 Å². The van der Waals surface area contributed by atoms with Gasteiger partial charge in [-0.15, -0.1) is 0 Å². The highest BCUT2D eigenvalue weighted by atomic mass is 16.3. The highest BCUT2D eigenvalue weighted by Gasteiger charge is 2.56. The normalized spacial score (nSPS) is 57.9. The number of rotatable bonds is 0. The van der Waals surface area contributed by atoms with Crippen LogP contribution in [0.3, 0.4) is 0 Å². The van der Waals surface area contributed by atoms with E-state index in [4.69, 9.17) is 0 Å². The van der Waals surface area contributed by atoms with Crippen molar-refractivity contribution in [3.8, 4) is 0 Å². The number of fused-ring (bicyclic) bond motifs is 5. The third kappa shape index (κ3) is 1.71. The van der Waals surface area contributed by atoms with Crippen LogP contribution in [0.4, 0.5) is 0 Å². The van der Waals surface area contributed by atoms with Gasteiger partial charge in [0.25, 0.3) is 0 Å². The van der Waals surface area contributed by atoms with Gasteiger partial charge in [0.2, 0.25) is 0 Å². The minimum atomic E-state index is -0.0467. The fourth-order valence-corrected chi connectivity index (χ4v) is 6.59. The first-order valence-electron chi connectivity index (χ1n) is 8.89. The summed E-state index contributed by atoms with van der Waals surface area (Å²) in [5.41, 5.74) is 1.12. The summed E-state index contributed by atoms with van der Waals surface area (Å²) in [5.74, 6) is 3.31. The molecule has 7 atom stereocenters. The Morgan fingerprint density at radius 1 is 0.950 bits per heavy atom. The maximum atomic E-state index is 10.0.